The van der Waals surface area contributed by atoms with Crippen molar-refractivity contribution in [3.8, 4) is 0 Å². The van der Waals surface area contributed by atoms with Crippen molar-refractivity contribution in [1.29, 1.82) is 0 Å². The summed E-state index contributed by atoms with van der Waals surface area (Å²) < 4.78 is 0. The molecule has 4 aliphatic rings. The average molecular weight is 342 g/mol. The van der Waals surface area contributed by atoms with E-state index in [4.69, 9.17) is 0 Å². The maximum Gasteiger partial charge on any atom is 0.279 e. The fourth-order valence-corrected chi connectivity index (χ4v) is 5.79. The summed E-state index contributed by atoms with van der Waals surface area (Å²) in [6, 6.07) is 7.27. The summed E-state index contributed by atoms with van der Waals surface area (Å²) in [5.41, 5.74) is 1.85. The van der Waals surface area contributed by atoms with Gasteiger partial charge in [0, 0.05) is 37.6 Å². The molecule has 4 bridgehead atoms. The van der Waals surface area contributed by atoms with Gasteiger partial charge < -0.3 is 16.0 Å². The predicted molar refractivity (Wildman–Crippen MR) is 97.1 cm³/mol. The van der Waals surface area contributed by atoms with Gasteiger partial charge in [-0.1, -0.05) is 0 Å². The molecule has 1 aromatic rings. The predicted octanol–water partition coefficient (Wildman–Crippen LogP) is 2.12. The van der Waals surface area contributed by atoms with Crippen LogP contribution in [-0.2, 0) is 9.59 Å². The standard InChI is InChI=1S/C20H27N3O2/c1-13(24)22-17-2-4-18(5-3-17)23-19(25)12-21-20-9-14-6-15(10-20)8-16(7-14)11-20/h2-5,14-16,21H,6-12H2,1H3,(H,22,24)(H,23,25)/p+1. The minimum absolute atomic E-state index is 0.0584. The summed E-state index contributed by atoms with van der Waals surface area (Å²) in [4.78, 5) is 23.4. The van der Waals surface area contributed by atoms with Crippen molar-refractivity contribution in [3.63, 3.8) is 0 Å². The highest BCUT2D eigenvalue weighted by Crippen LogP contribution is 2.54. The molecule has 5 nitrogen and oxygen atoms in total. The van der Waals surface area contributed by atoms with E-state index in [0.29, 0.717) is 12.1 Å². The fourth-order valence-electron chi connectivity index (χ4n) is 5.79. The lowest BCUT2D eigenvalue weighted by Crippen LogP contribution is -3.00. The molecular formula is C20H28N3O2+. The van der Waals surface area contributed by atoms with Crippen molar-refractivity contribution in [2.45, 2.75) is 51.0 Å². The molecule has 0 heterocycles. The van der Waals surface area contributed by atoms with E-state index in [2.05, 4.69) is 16.0 Å². The molecule has 2 amide bonds. The number of benzene rings is 1. The van der Waals surface area contributed by atoms with Crippen molar-refractivity contribution >= 4 is 23.2 Å². The van der Waals surface area contributed by atoms with Gasteiger partial charge in [-0.3, -0.25) is 9.59 Å². The van der Waals surface area contributed by atoms with Crippen molar-refractivity contribution in [2.75, 3.05) is 17.2 Å². The Bertz CT molecular complexity index is 633. The molecule has 4 fully saturated rings. The zero-order valence-electron chi connectivity index (χ0n) is 14.9. The molecule has 4 saturated carbocycles. The van der Waals surface area contributed by atoms with Crippen LogP contribution in [0, 0.1) is 17.8 Å². The molecule has 0 aromatic heterocycles. The normalized spacial score (nSPS) is 32.4. The number of nitrogens with two attached hydrogens (primary N) is 1. The Kier molecular flexibility index (Phi) is 4.28. The minimum Gasteiger partial charge on any atom is -0.334 e. The molecule has 134 valence electrons. The zero-order chi connectivity index (χ0) is 17.4. The molecule has 5 rings (SSSR count). The molecule has 5 heteroatoms. The molecule has 4 N–H and O–H groups in total. The van der Waals surface area contributed by atoms with E-state index in [1.165, 1.54) is 45.4 Å². The third-order valence-electron chi connectivity index (χ3n) is 6.30. The van der Waals surface area contributed by atoms with Crippen LogP contribution in [0.15, 0.2) is 24.3 Å². The molecule has 0 spiro atoms. The summed E-state index contributed by atoms with van der Waals surface area (Å²) >= 11 is 0. The Labute approximate surface area is 148 Å². The number of hydrogen-bond acceptors (Lipinski definition) is 2. The van der Waals surface area contributed by atoms with Crippen molar-refractivity contribution in [1.82, 2.24) is 0 Å². The maximum atomic E-state index is 12.4. The number of rotatable bonds is 5. The SMILES string of the molecule is CC(=O)Nc1ccc(NC(=O)C[NH2+]C23CC4CC(CC(C4)C2)C3)cc1. The third-order valence-corrected chi connectivity index (χ3v) is 6.30. The van der Waals surface area contributed by atoms with Gasteiger partial charge in [0.25, 0.3) is 5.91 Å². The second kappa shape index (κ2) is 6.45. The molecule has 0 saturated heterocycles. The van der Waals surface area contributed by atoms with Crippen LogP contribution in [-0.4, -0.2) is 23.9 Å². The van der Waals surface area contributed by atoms with E-state index in [1.54, 1.807) is 12.1 Å². The van der Waals surface area contributed by atoms with Crippen LogP contribution in [0.25, 0.3) is 0 Å². The van der Waals surface area contributed by atoms with Gasteiger partial charge in [-0.25, -0.2) is 0 Å². The van der Waals surface area contributed by atoms with Gasteiger partial charge >= 0.3 is 0 Å². The molecule has 0 radical (unpaired) electrons. The van der Waals surface area contributed by atoms with Crippen LogP contribution in [0.2, 0.25) is 0 Å². The van der Waals surface area contributed by atoms with Crippen LogP contribution in [0.3, 0.4) is 0 Å². The highest BCUT2D eigenvalue weighted by molar-refractivity contribution is 5.92. The number of hydrogen-bond donors (Lipinski definition) is 3. The summed E-state index contributed by atoms with van der Waals surface area (Å²) in [6.07, 6.45) is 8.20. The average Bonchev–Trinajstić information content (AvgIpc) is 2.53. The van der Waals surface area contributed by atoms with E-state index >= 15 is 0 Å². The van der Waals surface area contributed by atoms with Gasteiger partial charge in [0.1, 0.15) is 0 Å². The quantitative estimate of drug-likeness (QED) is 0.767. The smallest absolute Gasteiger partial charge is 0.279 e. The molecule has 0 unspecified atom stereocenters. The molecule has 1 aromatic carbocycles. The second-order valence-corrected chi connectivity index (χ2v) is 8.49. The van der Waals surface area contributed by atoms with E-state index in [9.17, 15) is 9.59 Å². The molecule has 0 atom stereocenters. The molecular weight excluding hydrogens is 314 g/mol. The number of carbonyl (C=O) groups excluding carboxylic acids is 2. The molecule has 4 aliphatic carbocycles. The monoisotopic (exact) mass is 342 g/mol. The Morgan fingerprint density at radius 3 is 1.92 bits per heavy atom. The van der Waals surface area contributed by atoms with Gasteiger partial charge in [0.2, 0.25) is 5.91 Å². The van der Waals surface area contributed by atoms with Gasteiger partial charge in [0.15, 0.2) is 6.54 Å². The summed E-state index contributed by atoms with van der Waals surface area (Å²) in [7, 11) is 0. The van der Waals surface area contributed by atoms with E-state index < -0.39 is 0 Å². The van der Waals surface area contributed by atoms with Gasteiger partial charge in [0.05, 0.1) is 5.54 Å². The first-order chi connectivity index (χ1) is 12.0. The Morgan fingerprint density at radius 2 is 1.44 bits per heavy atom. The lowest BCUT2D eigenvalue weighted by Gasteiger charge is -2.54. The molecule has 25 heavy (non-hydrogen) atoms. The van der Waals surface area contributed by atoms with Gasteiger partial charge in [-0.15, -0.1) is 0 Å². The van der Waals surface area contributed by atoms with E-state index in [-0.39, 0.29) is 11.8 Å². The Balaban J connectivity index is 1.30. The Hall–Kier alpha value is -1.88. The second-order valence-electron chi connectivity index (χ2n) is 8.49. The number of nitrogens with one attached hydrogen (secondary N) is 2. The maximum absolute atomic E-state index is 12.4. The number of amides is 2. The summed E-state index contributed by atoms with van der Waals surface area (Å²) in [5, 5.41) is 8.03. The largest absolute Gasteiger partial charge is 0.334 e. The first-order valence-electron chi connectivity index (χ1n) is 9.51. The highest BCUT2D eigenvalue weighted by Gasteiger charge is 2.53. The molecule has 0 aliphatic heterocycles. The topological polar surface area (TPSA) is 74.8 Å². The first kappa shape index (κ1) is 16.6. The van der Waals surface area contributed by atoms with Crippen LogP contribution < -0.4 is 16.0 Å². The zero-order valence-corrected chi connectivity index (χ0v) is 14.9. The van der Waals surface area contributed by atoms with Crippen LogP contribution >= 0.6 is 0 Å². The van der Waals surface area contributed by atoms with Crippen molar-refractivity contribution < 1.29 is 14.9 Å². The lowest BCUT2D eigenvalue weighted by molar-refractivity contribution is -0.729. The fraction of sp³-hybridized carbons (Fsp3) is 0.600. The first-order valence-corrected chi connectivity index (χ1v) is 9.51. The van der Waals surface area contributed by atoms with E-state index in [0.717, 1.165) is 29.1 Å². The summed E-state index contributed by atoms with van der Waals surface area (Å²) in [5.74, 6) is 2.69. The van der Waals surface area contributed by atoms with Gasteiger partial charge in [-0.05, 0) is 61.3 Å². The highest BCUT2D eigenvalue weighted by atomic mass is 16.2. The minimum atomic E-state index is -0.0954. The Morgan fingerprint density at radius 1 is 0.960 bits per heavy atom. The summed E-state index contributed by atoms with van der Waals surface area (Å²) in [6.45, 7) is 1.98. The number of quaternary nitrogens is 1. The van der Waals surface area contributed by atoms with Crippen LogP contribution in [0.5, 0.6) is 0 Å². The van der Waals surface area contributed by atoms with Crippen molar-refractivity contribution in [3.05, 3.63) is 24.3 Å². The van der Waals surface area contributed by atoms with E-state index in [1.807, 2.05) is 12.1 Å². The van der Waals surface area contributed by atoms with Crippen LogP contribution in [0.4, 0.5) is 11.4 Å². The van der Waals surface area contributed by atoms with Gasteiger partial charge in [-0.2, -0.15) is 0 Å². The lowest BCUT2D eigenvalue weighted by atomic mass is 9.53. The number of carbonyl (C=O) groups is 2. The van der Waals surface area contributed by atoms with Crippen molar-refractivity contribution in [2.24, 2.45) is 17.8 Å². The van der Waals surface area contributed by atoms with Crippen LogP contribution in [0.1, 0.15) is 45.4 Å². The number of anilines is 2. The third kappa shape index (κ3) is 3.71.